The number of hydrogen-bond acceptors (Lipinski definition) is 4. The smallest absolute Gasteiger partial charge is 0.224 e. The minimum atomic E-state index is -0.703. The van der Waals surface area contributed by atoms with Crippen molar-refractivity contribution in [2.24, 2.45) is 0 Å². The molecule has 0 saturated carbocycles. The molecular weight excluding hydrogens is 282 g/mol. The first-order valence-corrected chi connectivity index (χ1v) is 8.07. The van der Waals surface area contributed by atoms with Gasteiger partial charge in [0.25, 0.3) is 0 Å². The van der Waals surface area contributed by atoms with Crippen molar-refractivity contribution in [1.29, 1.82) is 0 Å². The zero-order valence-electron chi connectivity index (χ0n) is 13.7. The Hall–Kier alpha value is -1.46. The third-order valence-corrected chi connectivity index (χ3v) is 3.68. The molecule has 1 aromatic carbocycles. The molecule has 0 bridgehead atoms. The molecule has 0 saturated heterocycles. The molecule has 0 spiro atoms. The molecule has 0 aliphatic heterocycles. The molecule has 0 N–H and O–H groups in total. The van der Waals surface area contributed by atoms with Gasteiger partial charge in [-0.15, -0.1) is 0 Å². The first kappa shape index (κ1) is 18.6. The third-order valence-electron chi connectivity index (χ3n) is 3.68. The standard InChI is InChI=1S/C17H27NO4/c1-4-7-13-15(18(19)20)16(14-11-9-8-10-12-14)17(21-5-2)22-6-3/h8-12,15-17H,4-7,13H2,1-3H3. The van der Waals surface area contributed by atoms with Gasteiger partial charge in [-0.25, -0.2) is 0 Å². The summed E-state index contributed by atoms with van der Waals surface area (Å²) in [6.45, 7) is 6.72. The van der Waals surface area contributed by atoms with Crippen molar-refractivity contribution < 1.29 is 14.4 Å². The van der Waals surface area contributed by atoms with Gasteiger partial charge in [-0.1, -0.05) is 43.7 Å². The lowest BCUT2D eigenvalue weighted by molar-refractivity contribution is -0.532. The van der Waals surface area contributed by atoms with Gasteiger partial charge in [0.15, 0.2) is 6.29 Å². The molecule has 0 radical (unpaired) electrons. The average molecular weight is 309 g/mol. The topological polar surface area (TPSA) is 61.6 Å². The normalized spacial score (nSPS) is 14.0. The van der Waals surface area contributed by atoms with Crippen molar-refractivity contribution in [2.75, 3.05) is 13.2 Å². The molecule has 0 amide bonds. The van der Waals surface area contributed by atoms with Gasteiger partial charge in [-0.3, -0.25) is 10.1 Å². The molecule has 2 unspecified atom stereocenters. The third kappa shape index (κ3) is 5.39. The lowest BCUT2D eigenvalue weighted by Crippen LogP contribution is -2.38. The van der Waals surface area contributed by atoms with E-state index in [2.05, 4.69) is 0 Å². The Bertz CT molecular complexity index is 418. The molecule has 0 fully saturated rings. The Morgan fingerprint density at radius 1 is 1.09 bits per heavy atom. The summed E-state index contributed by atoms with van der Waals surface area (Å²) in [4.78, 5) is 11.4. The summed E-state index contributed by atoms with van der Waals surface area (Å²) in [7, 11) is 0. The van der Waals surface area contributed by atoms with E-state index in [0.29, 0.717) is 19.6 Å². The van der Waals surface area contributed by atoms with E-state index in [0.717, 1.165) is 18.4 Å². The quantitative estimate of drug-likeness (QED) is 0.352. The Labute approximate surface area is 132 Å². The van der Waals surface area contributed by atoms with Gasteiger partial charge < -0.3 is 9.47 Å². The fourth-order valence-electron chi connectivity index (χ4n) is 2.65. The van der Waals surface area contributed by atoms with Crippen LogP contribution in [0.15, 0.2) is 30.3 Å². The molecule has 22 heavy (non-hydrogen) atoms. The van der Waals surface area contributed by atoms with Crippen molar-refractivity contribution in [2.45, 2.75) is 58.3 Å². The summed E-state index contributed by atoms with van der Waals surface area (Å²) in [5.74, 6) is -0.400. The largest absolute Gasteiger partial charge is 0.352 e. The van der Waals surface area contributed by atoms with Gasteiger partial charge in [0, 0.05) is 24.6 Å². The van der Waals surface area contributed by atoms with E-state index < -0.39 is 18.2 Å². The Morgan fingerprint density at radius 3 is 2.14 bits per heavy atom. The minimum Gasteiger partial charge on any atom is -0.352 e. The number of hydrogen-bond donors (Lipinski definition) is 0. The van der Waals surface area contributed by atoms with Crippen LogP contribution in [0.5, 0.6) is 0 Å². The predicted octanol–water partition coefficient (Wildman–Crippen LogP) is 4.00. The molecule has 0 heterocycles. The fourth-order valence-corrected chi connectivity index (χ4v) is 2.65. The van der Waals surface area contributed by atoms with E-state index in [1.807, 2.05) is 51.1 Å². The van der Waals surface area contributed by atoms with Crippen LogP contribution in [0.2, 0.25) is 0 Å². The monoisotopic (exact) mass is 309 g/mol. The van der Waals surface area contributed by atoms with E-state index >= 15 is 0 Å². The lowest BCUT2D eigenvalue weighted by Gasteiger charge is -2.29. The Morgan fingerprint density at radius 2 is 1.68 bits per heavy atom. The van der Waals surface area contributed by atoms with E-state index in [1.165, 1.54) is 0 Å². The Kier molecular flexibility index (Phi) is 8.70. The lowest BCUT2D eigenvalue weighted by atomic mass is 9.88. The van der Waals surface area contributed by atoms with Crippen LogP contribution in [0.3, 0.4) is 0 Å². The van der Waals surface area contributed by atoms with Gasteiger partial charge in [-0.05, 0) is 25.8 Å². The first-order chi connectivity index (χ1) is 10.7. The number of nitrogens with zero attached hydrogens (tertiary/aromatic N) is 1. The molecule has 124 valence electrons. The first-order valence-electron chi connectivity index (χ1n) is 8.07. The summed E-state index contributed by atoms with van der Waals surface area (Å²) < 4.78 is 11.4. The molecule has 1 rings (SSSR count). The van der Waals surface area contributed by atoms with Crippen LogP contribution in [0.4, 0.5) is 0 Å². The van der Waals surface area contributed by atoms with Crippen LogP contribution in [-0.2, 0) is 9.47 Å². The summed E-state index contributed by atoms with van der Waals surface area (Å²) in [5.41, 5.74) is 0.896. The highest BCUT2D eigenvalue weighted by Gasteiger charge is 2.39. The van der Waals surface area contributed by atoms with Crippen molar-refractivity contribution in [1.82, 2.24) is 0 Å². The second-order valence-corrected chi connectivity index (χ2v) is 5.21. The van der Waals surface area contributed by atoms with E-state index in [9.17, 15) is 10.1 Å². The zero-order chi connectivity index (χ0) is 16.4. The molecule has 0 aliphatic carbocycles. The number of unbranched alkanes of at least 4 members (excludes halogenated alkanes) is 1. The Balaban J connectivity index is 3.14. The molecular formula is C17H27NO4. The van der Waals surface area contributed by atoms with E-state index in [1.54, 1.807) is 0 Å². The van der Waals surface area contributed by atoms with Crippen molar-refractivity contribution in [3.05, 3.63) is 46.0 Å². The van der Waals surface area contributed by atoms with Crippen molar-refractivity contribution >= 4 is 0 Å². The van der Waals surface area contributed by atoms with E-state index in [-0.39, 0.29) is 4.92 Å². The summed E-state index contributed by atoms with van der Waals surface area (Å²) in [6.07, 6.45) is 1.68. The SMILES string of the molecule is CCCCC(C(c1ccccc1)C(OCC)OCC)[N+](=O)[O-]. The van der Waals surface area contributed by atoms with Gasteiger partial charge in [0.05, 0.1) is 0 Å². The van der Waals surface area contributed by atoms with Gasteiger partial charge in [0.2, 0.25) is 6.04 Å². The highest BCUT2D eigenvalue weighted by molar-refractivity contribution is 5.21. The van der Waals surface area contributed by atoms with Crippen LogP contribution in [0.1, 0.15) is 51.5 Å². The maximum absolute atomic E-state index is 11.6. The molecule has 5 nitrogen and oxygen atoms in total. The van der Waals surface area contributed by atoms with Gasteiger partial charge >= 0.3 is 0 Å². The van der Waals surface area contributed by atoms with Crippen molar-refractivity contribution in [3.8, 4) is 0 Å². The van der Waals surface area contributed by atoms with Crippen LogP contribution in [-0.4, -0.2) is 30.5 Å². The number of nitro groups is 1. The average Bonchev–Trinajstić information content (AvgIpc) is 2.52. The van der Waals surface area contributed by atoms with Gasteiger partial charge in [0.1, 0.15) is 5.92 Å². The molecule has 2 atom stereocenters. The highest BCUT2D eigenvalue weighted by atomic mass is 16.7. The number of rotatable bonds is 11. The molecule has 1 aromatic rings. The molecule has 0 aromatic heterocycles. The summed E-state index contributed by atoms with van der Waals surface area (Å²) in [5, 5.41) is 11.6. The number of benzene rings is 1. The summed E-state index contributed by atoms with van der Waals surface area (Å²) >= 11 is 0. The minimum absolute atomic E-state index is 0.182. The van der Waals surface area contributed by atoms with Crippen molar-refractivity contribution in [3.63, 3.8) is 0 Å². The highest BCUT2D eigenvalue weighted by Crippen LogP contribution is 2.31. The predicted molar refractivity (Wildman–Crippen MR) is 86.5 cm³/mol. The van der Waals surface area contributed by atoms with Crippen LogP contribution in [0, 0.1) is 10.1 Å². The van der Waals surface area contributed by atoms with Gasteiger partial charge in [-0.2, -0.15) is 0 Å². The van der Waals surface area contributed by atoms with Crippen LogP contribution in [0.25, 0.3) is 0 Å². The summed E-state index contributed by atoms with van der Waals surface area (Å²) in [6, 6.07) is 8.83. The second kappa shape index (κ2) is 10.3. The maximum atomic E-state index is 11.6. The second-order valence-electron chi connectivity index (χ2n) is 5.21. The number of ether oxygens (including phenoxy) is 2. The zero-order valence-corrected chi connectivity index (χ0v) is 13.7. The van der Waals surface area contributed by atoms with Crippen LogP contribution >= 0.6 is 0 Å². The fraction of sp³-hybridized carbons (Fsp3) is 0.647. The molecule has 0 aliphatic rings. The molecule has 5 heteroatoms. The van der Waals surface area contributed by atoms with Crippen LogP contribution < -0.4 is 0 Å². The maximum Gasteiger partial charge on any atom is 0.224 e. The van der Waals surface area contributed by atoms with E-state index in [4.69, 9.17) is 9.47 Å².